The number of likely N-dealkylation sites (tertiary alicyclic amines) is 1. The minimum atomic E-state index is 0.584. The predicted octanol–water partition coefficient (Wildman–Crippen LogP) is 4.09. The molecule has 22 heavy (non-hydrogen) atoms. The highest BCUT2D eigenvalue weighted by atomic mass is 35.5. The molecule has 0 aliphatic carbocycles. The lowest BCUT2D eigenvalue weighted by Crippen LogP contribution is -2.44. The van der Waals surface area contributed by atoms with Crippen LogP contribution in [-0.4, -0.2) is 24.0 Å². The SMILES string of the molecule is Clc1ccc(CN2CCCC(NCc3ccccc3)C2)cc1. The highest BCUT2D eigenvalue weighted by Crippen LogP contribution is 2.16. The molecule has 0 saturated carbocycles. The van der Waals surface area contributed by atoms with Gasteiger partial charge in [0.05, 0.1) is 0 Å². The summed E-state index contributed by atoms with van der Waals surface area (Å²) in [5, 5.41) is 4.51. The Morgan fingerprint density at radius 1 is 1.00 bits per heavy atom. The maximum absolute atomic E-state index is 5.95. The van der Waals surface area contributed by atoms with Crippen LogP contribution in [0.4, 0.5) is 0 Å². The number of nitrogens with zero attached hydrogens (tertiary/aromatic N) is 1. The lowest BCUT2D eigenvalue weighted by Gasteiger charge is -2.33. The smallest absolute Gasteiger partial charge is 0.0406 e. The topological polar surface area (TPSA) is 15.3 Å². The summed E-state index contributed by atoms with van der Waals surface area (Å²) < 4.78 is 0. The summed E-state index contributed by atoms with van der Waals surface area (Å²) >= 11 is 5.95. The van der Waals surface area contributed by atoms with Crippen LogP contribution < -0.4 is 5.32 Å². The third kappa shape index (κ3) is 4.57. The molecule has 3 heteroatoms. The fourth-order valence-electron chi connectivity index (χ4n) is 3.07. The molecule has 1 fully saturated rings. The first-order valence-electron chi connectivity index (χ1n) is 8.04. The summed E-state index contributed by atoms with van der Waals surface area (Å²) in [5.74, 6) is 0. The lowest BCUT2D eigenvalue weighted by molar-refractivity contribution is 0.182. The van der Waals surface area contributed by atoms with Gasteiger partial charge in [-0.1, -0.05) is 54.1 Å². The van der Waals surface area contributed by atoms with Crippen molar-refractivity contribution in [2.45, 2.75) is 32.0 Å². The minimum absolute atomic E-state index is 0.584. The van der Waals surface area contributed by atoms with E-state index in [1.807, 2.05) is 12.1 Å². The molecule has 2 aromatic carbocycles. The van der Waals surface area contributed by atoms with Crippen molar-refractivity contribution in [3.05, 3.63) is 70.7 Å². The van der Waals surface area contributed by atoms with E-state index in [-0.39, 0.29) is 0 Å². The predicted molar refractivity (Wildman–Crippen MR) is 93.0 cm³/mol. The van der Waals surface area contributed by atoms with Gasteiger partial charge in [-0.2, -0.15) is 0 Å². The second-order valence-corrected chi connectivity index (χ2v) is 6.50. The molecule has 1 heterocycles. The number of piperidine rings is 1. The maximum Gasteiger partial charge on any atom is 0.0406 e. The van der Waals surface area contributed by atoms with Crippen molar-refractivity contribution in [2.75, 3.05) is 13.1 Å². The van der Waals surface area contributed by atoms with Gasteiger partial charge in [-0.3, -0.25) is 4.90 Å². The molecular formula is C19H23ClN2. The highest BCUT2D eigenvalue weighted by molar-refractivity contribution is 6.30. The first kappa shape index (κ1) is 15.5. The fourth-order valence-corrected chi connectivity index (χ4v) is 3.20. The lowest BCUT2D eigenvalue weighted by atomic mass is 10.0. The zero-order valence-corrected chi connectivity index (χ0v) is 13.6. The van der Waals surface area contributed by atoms with Crippen LogP contribution in [0, 0.1) is 0 Å². The summed E-state index contributed by atoms with van der Waals surface area (Å²) in [6.07, 6.45) is 2.53. The van der Waals surface area contributed by atoms with Gasteiger partial charge in [0.1, 0.15) is 0 Å². The summed E-state index contributed by atoms with van der Waals surface area (Å²) in [5.41, 5.74) is 2.70. The number of benzene rings is 2. The summed E-state index contributed by atoms with van der Waals surface area (Å²) in [7, 11) is 0. The monoisotopic (exact) mass is 314 g/mol. The van der Waals surface area contributed by atoms with Gasteiger partial charge in [0.2, 0.25) is 0 Å². The molecule has 0 amide bonds. The molecule has 1 aliphatic rings. The maximum atomic E-state index is 5.95. The Hall–Kier alpha value is -1.35. The van der Waals surface area contributed by atoms with E-state index >= 15 is 0 Å². The molecule has 1 saturated heterocycles. The Labute approximate surface area is 138 Å². The zero-order valence-electron chi connectivity index (χ0n) is 12.8. The van der Waals surface area contributed by atoms with Gasteiger partial charge < -0.3 is 5.32 Å². The van der Waals surface area contributed by atoms with Crippen molar-refractivity contribution in [1.29, 1.82) is 0 Å². The molecule has 1 N–H and O–H groups in total. The van der Waals surface area contributed by atoms with Crippen LogP contribution in [0.3, 0.4) is 0 Å². The number of nitrogens with one attached hydrogen (secondary N) is 1. The number of hydrogen-bond acceptors (Lipinski definition) is 2. The van der Waals surface area contributed by atoms with Crippen molar-refractivity contribution in [3.8, 4) is 0 Å². The normalized spacial score (nSPS) is 19.2. The first-order valence-corrected chi connectivity index (χ1v) is 8.41. The average molecular weight is 315 g/mol. The Bertz CT molecular complexity index is 568. The highest BCUT2D eigenvalue weighted by Gasteiger charge is 2.19. The van der Waals surface area contributed by atoms with E-state index < -0.39 is 0 Å². The van der Waals surface area contributed by atoms with E-state index in [9.17, 15) is 0 Å². The Morgan fingerprint density at radius 2 is 1.77 bits per heavy atom. The Morgan fingerprint density at radius 3 is 2.55 bits per heavy atom. The summed E-state index contributed by atoms with van der Waals surface area (Å²) in [6.45, 7) is 4.28. The van der Waals surface area contributed by atoms with Crippen LogP contribution in [-0.2, 0) is 13.1 Å². The quantitative estimate of drug-likeness (QED) is 0.894. The van der Waals surface area contributed by atoms with E-state index in [1.165, 1.54) is 30.5 Å². The largest absolute Gasteiger partial charge is 0.309 e. The van der Waals surface area contributed by atoms with E-state index in [1.54, 1.807) is 0 Å². The van der Waals surface area contributed by atoms with Crippen LogP contribution >= 0.6 is 11.6 Å². The van der Waals surface area contributed by atoms with Crippen molar-refractivity contribution < 1.29 is 0 Å². The third-order valence-corrected chi connectivity index (χ3v) is 4.51. The van der Waals surface area contributed by atoms with Crippen LogP contribution in [0.1, 0.15) is 24.0 Å². The molecule has 1 aliphatic heterocycles. The zero-order chi connectivity index (χ0) is 15.2. The molecule has 2 nitrogen and oxygen atoms in total. The van der Waals surface area contributed by atoms with Crippen molar-refractivity contribution in [2.24, 2.45) is 0 Å². The fraction of sp³-hybridized carbons (Fsp3) is 0.368. The van der Waals surface area contributed by atoms with Gasteiger partial charge in [0.15, 0.2) is 0 Å². The summed E-state index contributed by atoms with van der Waals surface area (Å²) in [4.78, 5) is 2.54. The molecular weight excluding hydrogens is 292 g/mol. The number of halogens is 1. The van der Waals surface area contributed by atoms with E-state index in [0.29, 0.717) is 6.04 Å². The van der Waals surface area contributed by atoms with E-state index in [0.717, 1.165) is 24.7 Å². The standard InChI is InChI=1S/C19H23ClN2/c20-18-10-8-17(9-11-18)14-22-12-4-7-19(15-22)21-13-16-5-2-1-3-6-16/h1-3,5-6,8-11,19,21H,4,7,12-15H2. The first-order chi connectivity index (χ1) is 10.8. The molecule has 0 radical (unpaired) electrons. The Balaban J connectivity index is 1.49. The van der Waals surface area contributed by atoms with Crippen molar-refractivity contribution in [3.63, 3.8) is 0 Å². The Kier molecular flexibility index (Phi) is 5.49. The minimum Gasteiger partial charge on any atom is -0.309 e. The van der Waals surface area contributed by atoms with Crippen LogP contribution in [0.25, 0.3) is 0 Å². The second-order valence-electron chi connectivity index (χ2n) is 6.07. The van der Waals surface area contributed by atoms with Crippen molar-refractivity contribution >= 4 is 11.6 Å². The van der Waals surface area contributed by atoms with Gasteiger partial charge in [0.25, 0.3) is 0 Å². The molecule has 3 rings (SSSR count). The van der Waals surface area contributed by atoms with Crippen molar-refractivity contribution in [1.82, 2.24) is 10.2 Å². The summed E-state index contributed by atoms with van der Waals surface area (Å²) in [6, 6.07) is 19.4. The van der Waals surface area contributed by atoms with E-state index in [4.69, 9.17) is 11.6 Å². The van der Waals surface area contributed by atoms with Gasteiger partial charge in [0, 0.05) is 30.7 Å². The number of rotatable bonds is 5. The molecule has 1 unspecified atom stereocenters. The van der Waals surface area contributed by atoms with E-state index in [2.05, 4.69) is 52.7 Å². The van der Waals surface area contributed by atoms with Gasteiger partial charge in [-0.15, -0.1) is 0 Å². The van der Waals surface area contributed by atoms with Gasteiger partial charge >= 0.3 is 0 Å². The molecule has 2 aromatic rings. The van der Waals surface area contributed by atoms with Gasteiger partial charge in [-0.05, 0) is 42.6 Å². The number of hydrogen-bond donors (Lipinski definition) is 1. The average Bonchev–Trinajstić information content (AvgIpc) is 2.57. The molecule has 1 atom stereocenters. The van der Waals surface area contributed by atoms with Crippen LogP contribution in [0.5, 0.6) is 0 Å². The molecule has 116 valence electrons. The van der Waals surface area contributed by atoms with Crippen LogP contribution in [0.15, 0.2) is 54.6 Å². The molecule has 0 bridgehead atoms. The second kappa shape index (κ2) is 7.77. The molecule has 0 aromatic heterocycles. The molecule has 0 spiro atoms. The third-order valence-electron chi connectivity index (χ3n) is 4.26. The van der Waals surface area contributed by atoms with Gasteiger partial charge in [-0.25, -0.2) is 0 Å². The van der Waals surface area contributed by atoms with Crippen LogP contribution in [0.2, 0.25) is 5.02 Å².